The van der Waals surface area contributed by atoms with Crippen LogP contribution in [0.2, 0.25) is 0 Å². The first-order valence-corrected chi connectivity index (χ1v) is 9.96. The third-order valence-electron chi connectivity index (χ3n) is 4.70. The van der Waals surface area contributed by atoms with E-state index in [1.165, 1.54) is 6.33 Å². The normalized spacial score (nSPS) is 13.5. The lowest BCUT2D eigenvalue weighted by atomic mass is 9.95. The van der Waals surface area contributed by atoms with Gasteiger partial charge in [-0.2, -0.15) is 4.98 Å². The van der Waals surface area contributed by atoms with E-state index in [1.54, 1.807) is 26.0 Å². The molecule has 2 aromatic carbocycles. The Hall–Kier alpha value is -3.68. The number of rotatable bonds is 10. The third-order valence-corrected chi connectivity index (χ3v) is 4.70. The Labute approximate surface area is 180 Å². The Kier molecular flexibility index (Phi) is 7.37. The lowest BCUT2D eigenvalue weighted by molar-refractivity contribution is -0.139. The minimum Gasteiger partial charge on any atom is -0.481 e. The molecule has 0 spiro atoms. The summed E-state index contributed by atoms with van der Waals surface area (Å²) in [4.78, 5) is 20.8. The average Bonchev–Trinajstić information content (AvgIpc) is 3.29. The fourth-order valence-electron chi connectivity index (χ4n) is 3.11. The zero-order chi connectivity index (χ0) is 22.2. The number of aryl methyl sites for hydroxylation is 1. The molecule has 0 fully saturated rings. The average molecular weight is 423 g/mol. The topological polar surface area (TPSA) is 107 Å². The lowest BCUT2D eigenvalue weighted by Crippen LogP contribution is -2.24. The van der Waals surface area contributed by atoms with Crippen LogP contribution in [0.1, 0.15) is 42.5 Å². The first-order valence-electron chi connectivity index (χ1n) is 9.96. The number of ether oxygens (including phenoxy) is 1. The van der Waals surface area contributed by atoms with E-state index < -0.39 is 18.0 Å². The van der Waals surface area contributed by atoms with Crippen LogP contribution in [0.15, 0.2) is 64.5 Å². The number of hydrogen-bond donors (Lipinski definition) is 1. The molecule has 0 saturated carbocycles. The van der Waals surface area contributed by atoms with Crippen LogP contribution in [0.25, 0.3) is 0 Å². The van der Waals surface area contributed by atoms with Crippen molar-refractivity contribution in [1.82, 2.24) is 10.1 Å². The molecule has 0 saturated heterocycles. The first kappa shape index (κ1) is 22.0. The van der Waals surface area contributed by atoms with Gasteiger partial charge >= 0.3 is 5.97 Å². The number of carboxylic acids is 1. The van der Waals surface area contributed by atoms with Crippen LogP contribution in [0, 0.1) is 12.8 Å². The summed E-state index contributed by atoms with van der Waals surface area (Å²) >= 11 is 0. The predicted molar refractivity (Wildman–Crippen MR) is 114 cm³/mol. The number of aliphatic carboxylic acids is 1. The van der Waals surface area contributed by atoms with Crippen molar-refractivity contribution in [1.29, 1.82) is 0 Å². The molecule has 1 heterocycles. The van der Waals surface area contributed by atoms with Gasteiger partial charge in [-0.25, -0.2) is 0 Å². The van der Waals surface area contributed by atoms with Gasteiger partial charge in [0, 0.05) is 5.56 Å². The van der Waals surface area contributed by atoms with E-state index in [1.807, 2.05) is 43.3 Å². The first-order chi connectivity index (χ1) is 15.0. The molecule has 2 unspecified atom stereocenters. The standard InChI is InChI=1S/C23H25N3O5/c1-4-29-26-16(3)20(23(27)28)13-17-8-10-19(11-9-17)30-21(22-24-14-25-31-22)18-7-5-6-15(2)12-18/h5-12,14,20-21H,4,13H2,1-3H3,(H,27,28). The maximum absolute atomic E-state index is 11.7. The molecule has 0 aliphatic heterocycles. The van der Waals surface area contributed by atoms with Gasteiger partial charge in [-0.05, 0) is 44.9 Å². The van der Waals surface area contributed by atoms with Crippen molar-refractivity contribution in [3.05, 3.63) is 77.4 Å². The van der Waals surface area contributed by atoms with Crippen molar-refractivity contribution >= 4 is 11.7 Å². The quantitative estimate of drug-likeness (QED) is 0.385. The molecule has 162 valence electrons. The second kappa shape index (κ2) is 10.4. The number of oxime groups is 1. The van der Waals surface area contributed by atoms with Crippen molar-refractivity contribution in [3.8, 4) is 5.75 Å². The highest BCUT2D eigenvalue weighted by Gasteiger charge is 2.24. The molecule has 31 heavy (non-hydrogen) atoms. The summed E-state index contributed by atoms with van der Waals surface area (Å²) in [5.41, 5.74) is 3.24. The molecular weight excluding hydrogens is 398 g/mol. The highest BCUT2D eigenvalue weighted by Crippen LogP contribution is 2.28. The fraction of sp³-hybridized carbons (Fsp3) is 0.304. The monoisotopic (exact) mass is 423 g/mol. The minimum atomic E-state index is -0.947. The summed E-state index contributed by atoms with van der Waals surface area (Å²) in [5, 5.41) is 17.1. The van der Waals surface area contributed by atoms with E-state index in [4.69, 9.17) is 14.1 Å². The number of nitrogens with zero attached hydrogens (tertiary/aromatic N) is 3. The third kappa shape index (κ3) is 5.91. The number of carboxylic acid groups (broad SMARTS) is 1. The molecule has 0 bridgehead atoms. The second-order valence-corrected chi connectivity index (χ2v) is 7.08. The molecule has 3 aromatic rings. The Bertz CT molecular complexity index is 1020. The van der Waals surface area contributed by atoms with E-state index >= 15 is 0 Å². The smallest absolute Gasteiger partial charge is 0.312 e. The highest BCUT2D eigenvalue weighted by atomic mass is 16.6. The van der Waals surface area contributed by atoms with Gasteiger partial charge in [0.05, 0.1) is 5.71 Å². The number of carbonyl (C=O) groups is 1. The van der Waals surface area contributed by atoms with Crippen molar-refractivity contribution in [2.75, 3.05) is 6.61 Å². The van der Waals surface area contributed by atoms with Gasteiger partial charge < -0.3 is 19.2 Å². The van der Waals surface area contributed by atoms with Crippen LogP contribution in [0.3, 0.4) is 0 Å². The zero-order valence-electron chi connectivity index (χ0n) is 17.7. The van der Waals surface area contributed by atoms with Crippen LogP contribution in [0.5, 0.6) is 5.75 Å². The maximum atomic E-state index is 11.7. The van der Waals surface area contributed by atoms with Crippen molar-refractivity contribution in [3.63, 3.8) is 0 Å². The molecule has 8 heteroatoms. The van der Waals surface area contributed by atoms with Gasteiger partial charge in [-0.15, -0.1) is 0 Å². The molecule has 3 rings (SSSR count). The van der Waals surface area contributed by atoms with E-state index in [9.17, 15) is 9.90 Å². The van der Waals surface area contributed by atoms with Gasteiger partial charge in [-0.1, -0.05) is 52.3 Å². The molecule has 2 atom stereocenters. The van der Waals surface area contributed by atoms with E-state index in [0.29, 0.717) is 30.4 Å². The van der Waals surface area contributed by atoms with Crippen molar-refractivity contribution < 1.29 is 24.0 Å². The lowest BCUT2D eigenvalue weighted by Gasteiger charge is -2.17. The summed E-state index contributed by atoms with van der Waals surface area (Å²) in [7, 11) is 0. The van der Waals surface area contributed by atoms with E-state index in [-0.39, 0.29) is 0 Å². The summed E-state index contributed by atoms with van der Waals surface area (Å²) in [5.74, 6) is -0.766. The molecule has 0 aliphatic rings. The summed E-state index contributed by atoms with van der Waals surface area (Å²) in [6.07, 6.45) is 1.08. The predicted octanol–water partition coefficient (Wildman–Crippen LogP) is 4.20. The Balaban J connectivity index is 1.77. The summed E-state index contributed by atoms with van der Waals surface area (Å²) in [6.45, 7) is 5.84. The van der Waals surface area contributed by atoms with E-state index in [0.717, 1.165) is 16.7 Å². The van der Waals surface area contributed by atoms with Gasteiger partial charge in [0.25, 0.3) is 5.89 Å². The van der Waals surface area contributed by atoms with Gasteiger partial charge in [0.15, 0.2) is 6.33 Å². The Morgan fingerprint density at radius 1 is 1.23 bits per heavy atom. The number of aromatic nitrogens is 2. The summed E-state index contributed by atoms with van der Waals surface area (Å²) < 4.78 is 11.4. The zero-order valence-corrected chi connectivity index (χ0v) is 17.7. The fourth-order valence-corrected chi connectivity index (χ4v) is 3.11. The van der Waals surface area contributed by atoms with Crippen LogP contribution in [-0.4, -0.2) is 33.5 Å². The molecule has 1 N–H and O–H groups in total. The van der Waals surface area contributed by atoms with Crippen molar-refractivity contribution in [2.45, 2.75) is 33.3 Å². The van der Waals surface area contributed by atoms with Crippen LogP contribution < -0.4 is 4.74 Å². The molecule has 1 aromatic heterocycles. The number of benzene rings is 2. The largest absolute Gasteiger partial charge is 0.481 e. The molecule has 8 nitrogen and oxygen atoms in total. The van der Waals surface area contributed by atoms with Crippen molar-refractivity contribution in [2.24, 2.45) is 11.1 Å². The second-order valence-electron chi connectivity index (χ2n) is 7.08. The highest BCUT2D eigenvalue weighted by molar-refractivity contribution is 6.00. The maximum Gasteiger partial charge on any atom is 0.312 e. The van der Waals surface area contributed by atoms with Gasteiger partial charge in [-0.3, -0.25) is 4.79 Å². The minimum absolute atomic E-state index is 0.295. The van der Waals surface area contributed by atoms with Gasteiger partial charge in [0.1, 0.15) is 18.3 Å². The SMILES string of the molecule is CCON=C(C)C(Cc1ccc(OC(c2cccc(C)c2)c2ncno2)cc1)C(=O)O. The number of hydrogen-bond acceptors (Lipinski definition) is 7. The molecule has 0 amide bonds. The van der Waals surface area contributed by atoms with Crippen LogP contribution in [-0.2, 0) is 16.1 Å². The molecule has 0 aliphatic carbocycles. The summed E-state index contributed by atoms with van der Waals surface area (Å²) in [6, 6.07) is 15.1. The van der Waals surface area contributed by atoms with Crippen LogP contribution in [0.4, 0.5) is 0 Å². The van der Waals surface area contributed by atoms with E-state index in [2.05, 4.69) is 15.3 Å². The Morgan fingerprint density at radius 3 is 2.61 bits per heavy atom. The Morgan fingerprint density at radius 2 is 2.00 bits per heavy atom. The van der Waals surface area contributed by atoms with Crippen LogP contribution >= 0.6 is 0 Å². The molecular formula is C23H25N3O5. The van der Waals surface area contributed by atoms with Gasteiger partial charge in [0.2, 0.25) is 6.10 Å². The molecule has 0 radical (unpaired) electrons.